The van der Waals surface area contributed by atoms with Gasteiger partial charge in [-0.15, -0.1) is 0 Å². The number of cyclic esters (lactones) is 1. The molecule has 14 nitrogen and oxygen atoms in total. The highest BCUT2D eigenvalue weighted by Crippen LogP contribution is 2.66. The molecule has 2 amide bonds. The normalized spacial score (nSPS) is 38.1. The molecule has 2 saturated heterocycles. The summed E-state index contributed by atoms with van der Waals surface area (Å²) in [7, 11) is 0. The van der Waals surface area contributed by atoms with Gasteiger partial charge in [0.1, 0.15) is 16.8 Å². The number of hydrogen-bond donors (Lipinski definition) is 1. The summed E-state index contributed by atoms with van der Waals surface area (Å²) in [5.74, 6) is 5.34. The first-order valence-electron chi connectivity index (χ1n) is 30.2. The van der Waals surface area contributed by atoms with Gasteiger partial charge in [-0.05, 0) is 216 Å². The van der Waals surface area contributed by atoms with Gasteiger partial charge >= 0.3 is 29.8 Å². The first kappa shape index (κ1) is 60.3. The summed E-state index contributed by atoms with van der Waals surface area (Å²) < 4.78 is 26.6. The van der Waals surface area contributed by atoms with Crippen molar-refractivity contribution in [3.63, 3.8) is 0 Å². The maximum absolute atomic E-state index is 12.2. The van der Waals surface area contributed by atoms with Crippen molar-refractivity contribution in [3.8, 4) is 0 Å². The Morgan fingerprint density at radius 1 is 0.582 bits per heavy atom. The van der Waals surface area contributed by atoms with Gasteiger partial charge < -0.3 is 28.8 Å². The van der Waals surface area contributed by atoms with Gasteiger partial charge in [0, 0.05) is 40.7 Å². The second-order valence-corrected chi connectivity index (χ2v) is 26.9. The van der Waals surface area contributed by atoms with E-state index in [1.54, 1.807) is 27.7 Å². The van der Waals surface area contributed by atoms with Crippen molar-refractivity contribution in [2.75, 3.05) is 6.61 Å². The number of esters is 5. The van der Waals surface area contributed by atoms with Gasteiger partial charge in [-0.25, -0.2) is 24.0 Å². The van der Waals surface area contributed by atoms with E-state index in [-0.39, 0.29) is 58.5 Å². The molecule has 0 aromatic carbocycles. The molecule has 0 aromatic rings. The van der Waals surface area contributed by atoms with Crippen LogP contribution < -0.4 is 0 Å². The van der Waals surface area contributed by atoms with E-state index in [9.17, 15) is 38.7 Å². The summed E-state index contributed by atoms with van der Waals surface area (Å²) in [6, 6.07) is 0.228. The molecule has 14 aliphatic rings. The fourth-order valence-corrected chi connectivity index (χ4v) is 17.8. The number of carbonyl (C=O) groups is 7. The Morgan fingerprint density at radius 3 is 1.58 bits per heavy atom. The summed E-state index contributed by atoms with van der Waals surface area (Å²) in [4.78, 5) is 82.7. The number of carbonyl (C=O) groups excluding carboxylic acids is 7. The van der Waals surface area contributed by atoms with Crippen molar-refractivity contribution in [2.24, 2.45) is 65.1 Å². The SMILES string of the molecule is C=C(C)C(=O)N1C(=O)C2C3CC(C4CCCC43)C21.C=C(C)C(=O)OC1(CC)C2CC3CC(C2)CC1C3.C=C(C)C(=O)OC1(CC)CCCCC1.C=C(C)C(=O)OC12CC3CC(CC(O)(C3)C1)C2.C=C(C)C(=O)OC1CCOC1=O. The Morgan fingerprint density at radius 2 is 1.10 bits per heavy atom. The number of ether oxygens (including phenoxy) is 5. The van der Waals surface area contributed by atoms with Crippen LogP contribution in [0.3, 0.4) is 0 Å². The average Bonchev–Trinajstić information content (AvgIpc) is 4.22. The largest absolute Gasteiger partial charge is 0.463 e. The minimum absolute atomic E-state index is 0.0888. The van der Waals surface area contributed by atoms with E-state index in [4.69, 9.17) is 18.9 Å². The van der Waals surface area contributed by atoms with Crippen LogP contribution in [0.2, 0.25) is 0 Å². The van der Waals surface area contributed by atoms with Crippen molar-refractivity contribution >= 4 is 41.7 Å². The molecule has 10 bridgehead atoms. The second-order valence-electron chi connectivity index (χ2n) is 26.9. The molecule has 2 aliphatic heterocycles. The standard InChI is InChI=1S/C16H24O2.C15H19NO2.C14H20O3.C12H20O2.C8H10O4/c1-4-16(18-15(17)10(2)3)13-6-11-5-12(8-13)9-14(16)7-11;1-7(2)14(17)16-13-11-6-10(12(13)15(16)18)8-4-3-5-9(8)11;1-9(2)12(15)17-14-6-10-3-11(7-14)5-13(16,4-10)8-14;1-4-12(8-6-5-7-9-12)14-11(13)10(2)3;1-5(2)7(9)12-6-3-4-11-8(6)10/h11-14H,2,4-9H2,1,3H3;8-13H,1,3-6H2,2H3;10-11,16H,1,3-8H2,2H3;2,4-9H2,1,3H3;6H,1,3-4H2,2H3. The van der Waals surface area contributed by atoms with Crippen molar-refractivity contribution < 1.29 is 62.4 Å². The summed E-state index contributed by atoms with van der Waals surface area (Å²) in [6.07, 6.45) is 24.5. The highest BCUT2D eigenvalue weighted by atomic mass is 16.6. The zero-order chi connectivity index (χ0) is 57.5. The quantitative estimate of drug-likeness (QED) is 0.0891. The topological polar surface area (TPSA) is 189 Å². The number of hydrogen-bond acceptors (Lipinski definition) is 13. The van der Waals surface area contributed by atoms with Gasteiger partial charge in [0.05, 0.1) is 24.2 Å². The van der Waals surface area contributed by atoms with E-state index in [0.29, 0.717) is 77.2 Å². The number of fused-ring (bicyclic) bond motifs is 8. The Labute approximate surface area is 470 Å². The van der Waals surface area contributed by atoms with Crippen LogP contribution in [0.4, 0.5) is 0 Å². The first-order valence-corrected chi connectivity index (χ1v) is 30.2. The molecule has 12 saturated carbocycles. The third-order valence-electron chi connectivity index (χ3n) is 20.8. The lowest BCUT2D eigenvalue weighted by Crippen LogP contribution is -2.67. The Hall–Kier alpha value is -4.85. The minimum atomic E-state index is -0.728. The highest BCUT2D eigenvalue weighted by molar-refractivity contribution is 6.09. The highest BCUT2D eigenvalue weighted by Gasteiger charge is 2.70. The Bertz CT molecular complexity index is 2420. The molecule has 0 aromatic heterocycles. The third-order valence-corrected chi connectivity index (χ3v) is 20.8. The molecule has 436 valence electrons. The van der Waals surface area contributed by atoms with E-state index < -0.39 is 29.2 Å². The van der Waals surface area contributed by atoms with Gasteiger partial charge in [0.15, 0.2) is 0 Å². The van der Waals surface area contributed by atoms with Gasteiger partial charge in [-0.3, -0.25) is 14.5 Å². The summed E-state index contributed by atoms with van der Waals surface area (Å²) in [5, 5.41) is 10.5. The average molecular weight is 1100 g/mol. The summed E-state index contributed by atoms with van der Waals surface area (Å²) in [5.41, 5.74) is 0.960. The van der Waals surface area contributed by atoms with Crippen molar-refractivity contribution in [1.82, 2.24) is 4.90 Å². The molecule has 2 heterocycles. The Kier molecular flexibility index (Phi) is 18.2. The van der Waals surface area contributed by atoms with Crippen LogP contribution in [0.15, 0.2) is 60.8 Å². The molecule has 12 aliphatic carbocycles. The lowest BCUT2D eigenvalue weighted by atomic mass is 9.49. The molecule has 14 rings (SSSR count). The van der Waals surface area contributed by atoms with E-state index in [0.717, 1.165) is 75.0 Å². The number of rotatable bonds is 11. The van der Waals surface area contributed by atoms with Gasteiger partial charge in [0.2, 0.25) is 12.0 Å². The number of aliphatic hydroxyl groups is 1. The molecular formula is C65H93NO13. The predicted molar refractivity (Wildman–Crippen MR) is 298 cm³/mol. The van der Waals surface area contributed by atoms with Crippen LogP contribution in [0.25, 0.3) is 0 Å². The number of amides is 2. The summed E-state index contributed by atoms with van der Waals surface area (Å²) in [6.45, 7) is 31.0. The van der Waals surface area contributed by atoms with Crippen LogP contribution in [0.5, 0.6) is 0 Å². The number of imide groups is 1. The fraction of sp³-hybridized carbons (Fsp3) is 0.738. The molecule has 79 heavy (non-hydrogen) atoms. The van der Waals surface area contributed by atoms with Crippen molar-refractivity contribution in [1.29, 1.82) is 0 Å². The van der Waals surface area contributed by atoms with E-state index in [1.807, 2.05) is 0 Å². The van der Waals surface area contributed by atoms with Crippen LogP contribution in [-0.4, -0.2) is 92.8 Å². The number of β-lactam (4-membered cyclic amide) rings is 1. The molecule has 0 radical (unpaired) electrons. The maximum Gasteiger partial charge on any atom is 0.347 e. The van der Waals surface area contributed by atoms with Crippen LogP contribution in [0, 0.1) is 65.1 Å². The molecule has 1 N–H and O–H groups in total. The van der Waals surface area contributed by atoms with Crippen LogP contribution in [-0.2, 0) is 57.2 Å². The minimum Gasteiger partial charge on any atom is -0.463 e. The van der Waals surface area contributed by atoms with Crippen molar-refractivity contribution in [3.05, 3.63) is 60.8 Å². The maximum atomic E-state index is 12.2. The third kappa shape index (κ3) is 12.5. The zero-order valence-electron chi connectivity index (χ0n) is 48.8. The second kappa shape index (κ2) is 23.9. The summed E-state index contributed by atoms with van der Waals surface area (Å²) >= 11 is 0. The van der Waals surface area contributed by atoms with Gasteiger partial charge in [-0.1, -0.05) is 59.6 Å². The van der Waals surface area contributed by atoms with E-state index in [2.05, 4.69) is 51.5 Å². The lowest BCUT2D eigenvalue weighted by Gasteiger charge is -2.60. The van der Waals surface area contributed by atoms with Crippen LogP contribution in [0.1, 0.15) is 196 Å². The molecule has 9 atom stereocenters. The molecule has 14 heteroatoms. The van der Waals surface area contributed by atoms with Gasteiger partial charge in [-0.2, -0.15) is 0 Å². The van der Waals surface area contributed by atoms with Gasteiger partial charge in [0.25, 0.3) is 5.91 Å². The first-order chi connectivity index (χ1) is 37.3. The monoisotopic (exact) mass is 1100 g/mol. The lowest BCUT2D eigenvalue weighted by molar-refractivity contribution is -0.217. The smallest absolute Gasteiger partial charge is 0.347 e. The zero-order valence-corrected chi connectivity index (χ0v) is 48.8. The molecule has 14 fully saturated rings. The number of likely N-dealkylation sites (tertiary alicyclic amines) is 1. The fourth-order valence-electron chi connectivity index (χ4n) is 17.8. The van der Waals surface area contributed by atoms with E-state index >= 15 is 0 Å². The van der Waals surface area contributed by atoms with Crippen molar-refractivity contribution in [2.45, 2.75) is 231 Å². The van der Waals surface area contributed by atoms with E-state index in [1.165, 1.54) is 95.3 Å². The molecular weight excluding hydrogens is 1000 g/mol. The van der Waals surface area contributed by atoms with Crippen LogP contribution >= 0.6 is 0 Å². The predicted octanol–water partition coefficient (Wildman–Crippen LogP) is 11.5. The molecule has 9 unspecified atom stereocenters. The molecule has 0 spiro atoms. The Balaban J connectivity index is 0.000000131. The number of nitrogens with zero attached hydrogens (tertiary/aromatic N) is 1.